The predicted octanol–water partition coefficient (Wildman–Crippen LogP) is 6.49. The van der Waals surface area contributed by atoms with Crippen LogP contribution in [0.3, 0.4) is 0 Å². The molecular weight excluding hydrogens is 448 g/mol. The first kappa shape index (κ1) is 27.4. The summed E-state index contributed by atoms with van der Waals surface area (Å²) >= 11 is 0. The van der Waals surface area contributed by atoms with E-state index in [4.69, 9.17) is 4.74 Å². The largest absolute Gasteiger partial charge is 0.493 e. The quantitative estimate of drug-likeness (QED) is 0.397. The molecule has 2 N–H and O–H groups in total. The van der Waals surface area contributed by atoms with Gasteiger partial charge in [-0.25, -0.2) is 4.39 Å². The molecule has 0 saturated carbocycles. The zero-order chi connectivity index (χ0) is 25.7. The van der Waals surface area contributed by atoms with Crippen molar-refractivity contribution in [3.8, 4) is 0 Å². The number of nitrogens with zero attached hydrogens (tertiary/aromatic N) is 1. The molecule has 0 amide bonds. The number of nitrogens with one attached hydrogen (secondary N) is 1. The van der Waals surface area contributed by atoms with E-state index in [2.05, 4.69) is 23.5 Å². The Bertz CT molecular complexity index is 1020. The molecule has 0 radical (unpaired) electrons. The van der Waals surface area contributed by atoms with Gasteiger partial charge in [-0.05, 0) is 43.4 Å². The fourth-order valence-corrected chi connectivity index (χ4v) is 3.96. The highest BCUT2D eigenvalue weighted by atomic mass is 19.4. The summed E-state index contributed by atoms with van der Waals surface area (Å²) in [5, 5.41) is 13.5. The first-order valence-electron chi connectivity index (χ1n) is 10.9. The fourth-order valence-electron chi connectivity index (χ4n) is 3.96. The highest BCUT2D eigenvalue weighted by Gasteiger charge is 2.56. The Balaban J connectivity index is 2.39. The minimum Gasteiger partial charge on any atom is -0.493 e. The van der Waals surface area contributed by atoms with Crippen LogP contribution in [-0.4, -0.2) is 35.0 Å². The fraction of sp³-hybridized carbons (Fsp3) is 0.423. The number of hydrogen-bond donors (Lipinski definition) is 2. The van der Waals surface area contributed by atoms with Crippen molar-refractivity contribution in [2.75, 3.05) is 13.2 Å². The van der Waals surface area contributed by atoms with Gasteiger partial charge in [0.1, 0.15) is 5.76 Å². The molecule has 0 aromatic carbocycles. The molecule has 2 rings (SSSR count). The number of allylic oxidation sites excluding steroid dienone is 5. The van der Waals surface area contributed by atoms with Crippen molar-refractivity contribution in [2.45, 2.75) is 52.3 Å². The summed E-state index contributed by atoms with van der Waals surface area (Å²) in [6.45, 7) is 13.2. The summed E-state index contributed by atoms with van der Waals surface area (Å²) in [6.07, 6.45) is 2.53. The normalized spacial score (nSPS) is 18.6. The Morgan fingerprint density at radius 3 is 2.53 bits per heavy atom. The monoisotopic (exact) mass is 480 g/mol. The maximum absolute atomic E-state index is 14.2. The third-order valence-electron chi connectivity index (χ3n) is 5.67. The van der Waals surface area contributed by atoms with E-state index < -0.39 is 36.0 Å². The van der Waals surface area contributed by atoms with Crippen LogP contribution in [0, 0.1) is 5.41 Å². The number of ether oxygens (including phenoxy) is 1. The van der Waals surface area contributed by atoms with Gasteiger partial charge in [0.25, 0.3) is 0 Å². The molecule has 8 heteroatoms. The Morgan fingerprint density at radius 1 is 1.32 bits per heavy atom. The molecule has 186 valence electrons. The molecule has 0 spiro atoms. The molecule has 1 atom stereocenters. The second kappa shape index (κ2) is 10.6. The van der Waals surface area contributed by atoms with Crippen LogP contribution in [0.2, 0.25) is 0 Å². The molecule has 1 aromatic heterocycles. The van der Waals surface area contributed by atoms with Crippen LogP contribution >= 0.6 is 0 Å². The zero-order valence-electron chi connectivity index (χ0n) is 20.0. The van der Waals surface area contributed by atoms with E-state index >= 15 is 0 Å². The summed E-state index contributed by atoms with van der Waals surface area (Å²) in [4.78, 5) is 4.02. The van der Waals surface area contributed by atoms with Gasteiger partial charge in [-0.2, -0.15) is 13.2 Å². The molecule has 0 bridgehead atoms. The zero-order valence-corrected chi connectivity index (χ0v) is 20.0. The van der Waals surface area contributed by atoms with Gasteiger partial charge in [0.15, 0.2) is 5.60 Å². The van der Waals surface area contributed by atoms with Crippen molar-refractivity contribution in [3.05, 3.63) is 77.6 Å². The topological polar surface area (TPSA) is 54.4 Å². The maximum atomic E-state index is 14.2. The van der Waals surface area contributed by atoms with E-state index in [0.29, 0.717) is 29.7 Å². The number of pyridine rings is 1. The van der Waals surface area contributed by atoms with Crippen molar-refractivity contribution < 1.29 is 27.4 Å². The van der Waals surface area contributed by atoms with E-state index in [1.54, 1.807) is 31.3 Å². The van der Waals surface area contributed by atoms with Gasteiger partial charge in [-0.3, -0.25) is 4.98 Å². The lowest BCUT2D eigenvalue weighted by atomic mass is 9.73. The van der Waals surface area contributed by atoms with Crippen LogP contribution in [0.5, 0.6) is 0 Å². The molecule has 1 unspecified atom stereocenters. The van der Waals surface area contributed by atoms with Crippen molar-refractivity contribution in [2.24, 2.45) is 5.41 Å². The standard InChI is InChI=1S/C26H32F4N2O2/c1-7-8-20-14-31-11-9-21(20)19(4)32-16-25(33,26(28,29)30)15-24(5,6)22(13-18(3)27)23-17(2)10-12-34-23/h7-9,11,13-14,32-33H,2,4,10,12,15-16H2,1,3,5-6H3/b8-7-,18-13+,23-22-. The highest BCUT2D eigenvalue weighted by molar-refractivity contribution is 5.71. The van der Waals surface area contributed by atoms with Gasteiger partial charge in [0.05, 0.1) is 19.0 Å². The molecular formula is C26H32F4N2O2. The van der Waals surface area contributed by atoms with Gasteiger partial charge in [-0.15, -0.1) is 0 Å². The smallest absolute Gasteiger partial charge is 0.418 e. The number of aromatic nitrogens is 1. The van der Waals surface area contributed by atoms with Crippen LogP contribution in [0.25, 0.3) is 11.8 Å². The average Bonchev–Trinajstić information content (AvgIpc) is 3.15. The second-order valence-electron chi connectivity index (χ2n) is 9.06. The summed E-state index contributed by atoms with van der Waals surface area (Å²) in [5.74, 6) is -0.313. The molecule has 1 aliphatic heterocycles. The number of rotatable bonds is 9. The minimum atomic E-state index is -4.97. The summed E-state index contributed by atoms with van der Waals surface area (Å²) in [6, 6.07) is 1.63. The van der Waals surface area contributed by atoms with Crippen LogP contribution < -0.4 is 5.32 Å². The van der Waals surface area contributed by atoms with Crippen LogP contribution in [0.1, 0.15) is 51.7 Å². The molecule has 0 aliphatic carbocycles. The van der Waals surface area contributed by atoms with E-state index in [-0.39, 0.29) is 17.0 Å². The average molecular weight is 481 g/mol. The Hall–Kier alpha value is -2.87. The Morgan fingerprint density at radius 2 is 2.00 bits per heavy atom. The third kappa shape index (κ3) is 6.38. The Kier molecular flexibility index (Phi) is 8.53. The van der Waals surface area contributed by atoms with Gasteiger partial charge < -0.3 is 15.2 Å². The molecule has 34 heavy (non-hydrogen) atoms. The van der Waals surface area contributed by atoms with E-state index in [1.807, 2.05) is 0 Å². The number of hydrogen-bond acceptors (Lipinski definition) is 4. The summed E-state index contributed by atoms with van der Waals surface area (Å²) < 4.78 is 62.0. The first-order chi connectivity index (χ1) is 15.7. The molecule has 1 fully saturated rings. The van der Waals surface area contributed by atoms with E-state index in [1.165, 1.54) is 27.0 Å². The lowest BCUT2D eigenvalue weighted by Crippen LogP contribution is -2.54. The van der Waals surface area contributed by atoms with Crippen molar-refractivity contribution in [3.63, 3.8) is 0 Å². The van der Waals surface area contributed by atoms with Crippen LogP contribution in [0.15, 0.2) is 66.5 Å². The second-order valence-corrected chi connectivity index (χ2v) is 9.06. The van der Waals surface area contributed by atoms with Gasteiger partial charge in [-0.1, -0.05) is 39.2 Å². The SMILES string of the molecule is C=C1CCO/C1=C(/C=C(\C)F)C(C)(C)CC(O)(CNC(=C)c1ccncc1/C=C\C)C(F)(F)F. The first-order valence-corrected chi connectivity index (χ1v) is 10.9. The van der Waals surface area contributed by atoms with Gasteiger partial charge >= 0.3 is 6.18 Å². The molecule has 1 aromatic rings. The molecule has 2 heterocycles. The summed E-state index contributed by atoms with van der Waals surface area (Å²) in [5.41, 5.74) is -2.20. The van der Waals surface area contributed by atoms with Crippen molar-refractivity contribution in [1.82, 2.24) is 10.3 Å². The van der Waals surface area contributed by atoms with Crippen molar-refractivity contribution in [1.29, 1.82) is 0 Å². The van der Waals surface area contributed by atoms with E-state index in [9.17, 15) is 22.7 Å². The van der Waals surface area contributed by atoms with E-state index in [0.717, 1.165) is 6.08 Å². The van der Waals surface area contributed by atoms with Crippen LogP contribution in [0.4, 0.5) is 17.6 Å². The Labute approximate surface area is 198 Å². The lowest BCUT2D eigenvalue weighted by Gasteiger charge is -2.39. The maximum Gasteiger partial charge on any atom is 0.418 e. The van der Waals surface area contributed by atoms with Gasteiger partial charge in [0.2, 0.25) is 0 Å². The molecule has 1 aliphatic rings. The lowest BCUT2D eigenvalue weighted by molar-refractivity contribution is -0.265. The number of aliphatic hydroxyl groups is 1. The number of halogens is 4. The van der Waals surface area contributed by atoms with Crippen molar-refractivity contribution >= 4 is 11.8 Å². The van der Waals surface area contributed by atoms with Gasteiger partial charge in [0, 0.05) is 41.2 Å². The third-order valence-corrected chi connectivity index (χ3v) is 5.67. The predicted molar refractivity (Wildman–Crippen MR) is 127 cm³/mol. The highest BCUT2D eigenvalue weighted by Crippen LogP contribution is 2.46. The molecule has 1 saturated heterocycles. The minimum absolute atomic E-state index is 0.210. The molecule has 4 nitrogen and oxygen atoms in total. The van der Waals surface area contributed by atoms with Crippen LogP contribution in [-0.2, 0) is 4.74 Å². The number of alkyl halides is 3. The summed E-state index contributed by atoms with van der Waals surface area (Å²) in [7, 11) is 0.